The normalized spacial score (nSPS) is 12.6. The van der Waals surface area contributed by atoms with Gasteiger partial charge in [0.1, 0.15) is 11.1 Å². The number of anilines is 1. The molecule has 3 aromatic rings. The van der Waals surface area contributed by atoms with Crippen molar-refractivity contribution in [2.75, 3.05) is 5.32 Å². The van der Waals surface area contributed by atoms with Gasteiger partial charge in [-0.3, -0.25) is 29.8 Å². The molecule has 0 bridgehead atoms. The lowest BCUT2D eigenvalue weighted by Crippen LogP contribution is -2.41. The molecule has 1 aliphatic rings. The highest BCUT2D eigenvalue weighted by atomic mass is 16.6. The van der Waals surface area contributed by atoms with Crippen LogP contribution in [0.4, 0.5) is 16.2 Å². The summed E-state index contributed by atoms with van der Waals surface area (Å²) in [6, 6.07) is 15.4. The zero-order chi connectivity index (χ0) is 26.0. The van der Waals surface area contributed by atoms with E-state index in [9.17, 15) is 34.1 Å². The summed E-state index contributed by atoms with van der Waals surface area (Å²) in [4.78, 5) is 73.9. The van der Waals surface area contributed by atoms with Gasteiger partial charge in [0.15, 0.2) is 11.9 Å². The van der Waals surface area contributed by atoms with Gasteiger partial charge in [-0.25, -0.2) is 9.59 Å². The van der Waals surface area contributed by atoms with Gasteiger partial charge in [-0.05, 0) is 31.2 Å². The first-order chi connectivity index (χ1) is 17.2. The van der Waals surface area contributed by atoms with Crippen molar-refractivity contribution < 1.29 is 33.6 Å². The van der Waals surface area contributed by atoms with E-state index in [4.69, 9.17) is 4.74 Å². The zero-order valence-electron chi connectivity index (χ0n) is 18.6. The third-order valence-corrected chi connectivity index (χ3v) is 5.39. The molecule has 180 valence electrons. The van der Waals surface area contributed by atoms with E-state index in [1.165, 1.54) is 18.2 Å². The average Bonchev–Trinajstić information content (AvgIpc) is 2.86. The molecule has 0 spiro atoms. The minimum Gasteiger partial charge on any atom is -0.449 e. The zero-order valence-corrected chi connectivity index (χ0v) is 18.6. The molecule has 4 rings (SSSR count). The number of ether oxygens (including phenoxy) is 1. The summed E-state index contributed by atoms with van der Waals surface area (Å²) in [6.07, 6.45) is -1.52. The van der Waals surface area contributed by atoms with E-state index in [0.29, 0.717) is 5.69 Å². The summed E-state index contributed by atoms with van der Waals surface area (Å²) < 4.78 is 5.03. The Kier molecular flexibility index (Phi) is 6.38. The predicted molar refractivity (Wildman–Crippen MR) is 125 cm³/mol. The van der Waals surface area contributed by atoms with E-state index < -0.39 is 57.3 Å². The molecule has 0 saturated heterocycles. The second kappa shape index (κ2) is 9.58. The molecule has 11 nitrogen and oxygen atoms in total. The first-order valence-corrected chi connectivity index (χ1v) is 10.6. The molecular formula is C25H17N3O8. The number of nitrogens with zero attached hydrogens (tertiary/aromatic N) is 1. The standard InChI is InChI=1S/C25H17N3O8/c1-13(23(31)27-25(33)26-14-7-3-2-4-8-14)36-24(32)18-12-11-17-19(20(18)28(34)35)22(30)16-10-6-5-9-15(16)21(17)29/h2-13H,1H3,(H2,26,27,31,33). The number of nitro benzene ring substituents is 1. The van der Waals surface area contributed by atoms with E-state index in [2.05, 4.69) is 5.32 Å². The molecular weight excluding hydrogens is 470 g/mol. The fraction of sp³-hybridized carbons (Fsp3) is 0.0800. The molecule has 0 radical (unpaired) electrons. The van der Waals surface area contributed by atoms with Crippen molar-refractivity contribution in [2.45, 2.75) is 13.0 Å². The van der Waals surface area contributed by atoms with Crippen LogP contribution in [0.5, 0.6) is 0 Å². The van der Waals surface area contributed by atoms with Crippen LogP contribution in [0, 0.1) is 10.1 Å². The number of nitrogens with one attached hydrogen (secondary N) is 2. The van der Waals surface area contributed by atoms with E-state index in [0.717, 1.165) is 19.1 Å². The van der Waals surface area contributed by atoms with Crippen molar-refractivity contribution in [3.8, 4) is 0 Å². The fourth-order valence-electron chi connectivity index (χ4n) is 3.70. The number of urea groups is 1. The van der Waals surface area contributed by atoms with Crippen LogP contribution in [-0.2, 0) is 9.53 Å². The second-order valence-corrected chi connectivity index (χ2v) is 7.70. The summed E-state index contributed by atoms with van der Waals surface area (Å²) in [5, 5.41) is 16.3. The third kappa shape index (κ3) is 4.44. The smallest absolute Gasteiger partial charge is 0.345 e. The number of hydrogen-bond acceptors (Lipinski definition) is 8. The maximum Gasteiger partial charge on any atom is 0.345 e. The van der Waals surface area contributed by atoms with E-state index >= 15 is 0 Å². The number of ketones is 2. The minimum absolute atomic E-state index is 0.0270. The van der Waals surface area contributed by atoms with Crippen molar-refractivity contribution in [1.29, 1.82) is 0 Å². The Morgan fingerprint density at radius 2 is 1.47 bits per heavy atom. The SMILES string of the molecule is CC(OC(=O)c1ccc2c(c1[N+](=O)[O-])C(=O)c1ccccc1C2=O)C(=O)NC(=O)Nc1ccccc1. The number of hydrogen-bond donors (Lipinski definition) is 2. The molecule has 0 aliphatic heterocycles. The van der Waals surface area contributed by atoms with Gasteiger partial charge in [-0.1, -0.05) is 42.5 Å². The number of fused-ring (bicyclic) bond motifs is 2. The Hall–Kier alpha value is -5.19. The number of rotatable bonds is 5. The van der Waals surface area contributed by atoms with Crippen LogP contribution in [0.1, 0.15) is 49.1 Å². The van der Waals surface area contributed by atoms with Crippen LogP contribution in [-0.4, -0.2) is 40.5 Å². The Bertz CT molecular complexity index is 1450. The van der Waals surface area contributed by atoms with E-state index in [-0.39, 0.29) is 16.7 Å². The topological polar surface area (TPSA) is 162 Å². The monoisotopic (exact) mass is 487 g/mol. The summed E-state index contributed by atoms with van der Waals surface area (Å²) in [6.45, 7) is 1.16. The molecule has 1 aliphatic carbocycles. The molecule has 0 saturated carbocycles. The third-order valence-electron chi connectivity index (χ3n) is 5.39. The molecule has 1 unspecified atom stereocenters. The van der Waals surface area contributed by atoms with Crippen molar-refractivity contribution in [1.82, 2.24) is 5.32 Å². The summed E-state index contributed by atoms with van der Waals surface area (Å²) in [5.74, 6) is -3.65. The van der Waals surface area contributed by atoms with Crippen LogP contribution in [0.3, 0.4) is 0 Å². The average molecular weight is 487 g/mol. The van der Waals surface area contributed by atoms with Gasteiger partial charge >= 0.3 is 12.0 Å². The van der Waals surface area contributed by atoms with Gasteiger partial charge in [-0.2, -0.15) is 0 Å². The lowest BCUT2D eigenvalue weighted by atomic mass is 9.82. The Morgan fingerprint density at radius 3 is 2.11 bits per heavy atom. The first kappa shape index (κ1) is 24.0. The number of carbonyl (C=O) groups is 5. The molecule has 0 aromatic heterocycles. The van der Waals surface area contributed by atoms with Gasteiger partial charge in [-0.15, -0.1) is 0 Å². The van der Waals surface area contributed by atoms with Crippen LogP contribution in [0.2, 0.25) is 0 Å². The number of nitro groups is 1. The van der Waals surface area contributed by atoms with Crippen molar-refractivity contribution in [2.24, 2.45) is 0 Å². The highest BCUT2D eigenvalue weighted by molar-refractivity contribution is 6.30. The summed E-state index contributed by atoms with van der Waals surface area (Å²) in [5.41, 5.74) is -1.78. The highest BCUT2D eigenvalue weighted by Gasteiger charge is 2.39. The van der Waals surface area contributed by atoms with Crippen molar-refractivity contribution in [3.05, 3.63) is 105 Å². The van der Waals surface area contributed by atoms with E-state index in [1.54, 1.807) is 36.4 Å². The lowest BCUT2D eigenvalue weighted by Gasteiger charge is -2.18. The van der Waals surface area contributed by atoms with Crippen molar-refractivity contribution >= 4 is 40.8 Å². The van der Waals surface area contributed by atoms with Gasteiger partial charge < -0.3 is 10.1 Å². The Labute approximate surface area is 203 Å². The second-order valence-electron chi connectivity index (χ2n) is 7.70. The molecule has 3 amide bonds. The summed E-state index contributed by atoms with van der Waals surface area (Å²) in [7, 11) is 0. The number of amides is 3. The number of esters is 1. The van der Waals surface area contributed by atoms with Crippen LogP contribution in [0.25, 0.3) is 0 Å². The Balaban J connectivity index is 1.56. The first-order valence-electron chi connectivity index (χ1n) is 10.6. The summed E-state index contributed by atoms with van der Waals surface area (Å²) >= 11 is 0. The van der Waals surface area contributed by atoms with Crippen LogP contribution >= 0.6 is 0 Å². The Morgan fingerprint density at radius 1 is 0.861 bits per heavy atom. The van der Waals surface area contributed by atoms with Gasteiger partial charge in [0.2, 0.25) is 5.78 Å². The minimum atomic E-state index is -1.52. The fourth-order valence-corrected chi connectivity index (χ4v) is 3.70. The maximum atomic E-state index is 13.0. The van der Waals surface area contributed by atoms with Crippen LogP contribution < -0.4 is 10.6 Å². The largest absolute Gasteiger partial charge is 0.449 e. The van der Waals surface area contributed by atoms with Gasteiger partial charge in [0.05, 0.1) is 4.92 Å². The van der Waals surface area contributed by atoms with Crippen molar-refractivity contribution in [3.63, 3.8) is 0 Å². The molecule has 0 fully saturated rings. The predicted octanol–water partition coefficient (Wildman–Crippen LogP) is 3.26. The quantitative estimate of drug-likeness (QED) is 0.246. The molecule has 11 heteroatoms. The number of benzene rings is 3. The van der Waals surface area contributed by atoms with Gasteiger partial charge in [0, 0.05) is 22.4 Å². The number of imide groups is 1. The number of carbonyl (C=O) groups excluding carboxylic acids is 5. The maximum absolute atomic E-state index is 13.0. The van der Waals surface area contributed by atoms with Gasteiger partial charge in [0.25, 0.3) is 11.6 Å². The number of para-hydroxylation sites is 1. The molecule has 0 heterocycles. The molecule has 3 aromatic carbocycles. The van der Waals surface area contributed by atoms with E-state index in [1.807, 2.05) is 5.32 Å². The lowest BCUT2D eigenvalue weighted by molar-refractivity contribution is -0.385. The van der Waals surface area contributed by atoms with Crippen LogP contribution in [0.15, 0.2) is 66.7 Å². The highest BCUT2D eigenvalue weighted by Crippen LogP contribution is 2.35. The molecule has 1 atom stereocenters. The molecule has 2 N–H and O–H groups in total. The molecule has 36 heavy (non-hydrogen) atoms.